The summed E-state index contributed by atoms with van der Waals surface area (Å²) in [7, 11) is 0. The molecule has 1 N–H and O–H groups in total. The quantitative estimate of drug-likeness (QED) is 0.419. The van der Waals surface area contributed by atoms with Crippen molar-refractivity contribution in [2.45, 2.75) is 0 Å². The summed E-state index contributed by atoms with van der Waals surface area (Å²) in [6, 6.07) is 0. The molecule has 3 radical (unpaired) electrons. The molecule has 0 saturated carbocycles. The fourth-order valence-corrected chi connectivity index (χ4v) is 0. The Balaban J connectivity index is -0.00000000800. The Hall–Kier alpha value is 1.47. The Morgan fingerprint density at radius 1 is 1.86 bits per heavy atom. The van der Waals surface area contributed by atoms with Crippen LogP contribution in [0.5, 0.6) is 0 Å². The van der Waals surface area contributed by atoms with Crippen molar-refractivity contribution in [1.29, 1.82) is 0 Å². The van der Waals surface area contributed by atoms with Crippen LogP contribution in [-0.4, -0.2) is 78.4 Å². The number of aliphatic carboxylic acids is 1. The molecule has 37 valence electrons. The monoisotopic (exact) mass is 141 g/mol. The van der Waals surface area contributed by atoms with Gasteiger partial charge in [0, 0.05) is 77.7 Å². The molecule has 0 spiro atoms. The van der Waals surface area contributed by atoms with E-state index in [4.69, 9.17) is 5.11 Å². The first-order valence-corrected chi connectivity index (χ1v) is 1.12. The van der Waals surface area contributed by atoms with Gasteiger partial charge in [0.25, 0.3) is 0 Å². The van der Waals surface area contributed by atoms with E-state index in [2.05, 4.69) is 6.58 Å². The van der Waals surface area contributed by atoms with Crippen molar-refractivity contribution in [2.75, 3.05) is 0 Å². The van der Waals surface area contributed by atoms with Gasteiger partial charge in [-0.3, -0.25) is 0 Å². The van der Waals surface area contributed by atoms with E-state index in [1.165, 1.54) is 0 Å². The molecular formula is C3H10CaNaO2. The summed E-state index contributed by atoms with van der Waals surface area (Å²) in [5, 5.41) is 7.60. The second kappa shape index (κ2) is 10.5. The van der Waals surface area contributed by atoms with E-state index in [0.717, 1.165) is 6.08 Å². The van der Waals surface area contributed by atoms with E-state index in [0.29, 0.717) is 0 Å². The molecule has 0 amide bonds. The summed E-state index contributed by atoms with van der Waals surface area (Å²) in [6.45, 7) is 2.96. The van der Waals surface area contributed by atoms with E-state index < -0.39 is 5.97 Å². The Labute approximate surface area is 98.7 Å². The minimum absolute atomic E-state index is 0. The smallest absolute Gasteiger partial charge is 0.327 e. The Kier molecular flexibility index (Phi) is 23.6. The molecule has 2 nitrogen and oxygen atoms in total. The van der Waals surface area contributed by atoms with Gasteiger partial charge in [-0.1, -0.05) is 6.58 Å². The SMILES string of the molecule is C=CC(=O)O.[Ca].[HH].[HH].[HH].[Na]. The minimum atomic E-state index is -0.981. The summed E-state index contributed by atoms with van der Waals surface area (Å²) in [4.78, 5) is 9.25. The minimum Gasteiger partial charge on any atom is -0.478 e. The van der Waals surface area contributed by atoms with Crippen molar-refractivity contribution < 1.29 is 14.2 Å². The molecule has 0 aliphatic heterocycles. The summed E-state index contributed by atoms with van der Waals surface area (Å²) in [6.07, 6.45) is 0.833. The van der Waals surface area contributed by atoms with Gasteiger partial charge in [-0.25, -0.2) is 4.79 Å². The molecule has 0 aliphatic carbocycles. The number of hydrogen-bond donors (Lipinski definition) is 1. The van der Waals surface area contributed by atoms with Gasteiger partial charge in [0.2, 0.25) is 0 Å². The molecule has 0 aromatic rings. The maximum absolute atomic E-state index is 9.25. The van der Waals surface area contributed by atoms with E-state index in [1.54, 1.807) is 0 Å². The van der Waals surface area contributed by atoms with Gasteiger partial charge in [-0.2, -0.15) is 0 Å². The van der Waals surface area contributed by atoms with Crippen molar-refractivity contribution in [3.05, 3.63) is 12.7 Å². The predicted molar refractivity (Wildman–Crippen MR) is 35.7 cm³/mol. The number of carbonyl (C=O) groups is 1. The molecule has 4 heteroatoms. The molecular weight excluding hydrogens is 131 g/mol. The van der Waals surface area contributed by atoms with Crippen LogP contribution in [-0.2, 0) is 4.79 Å². The number of hydrogen-bond acceptors (Lipinski definition) is 1. The molecule has 0 unspecified atom stereocenters. The van der Waals surface area contributed by atoms with Crippen LogP contribution >= 0.6 is 0 Å². The molecule has 0 rings (SSSR count). The average Bonchev–Trinajstić information content (AvgIpc) is 1.38. The maximum atomic E-state index is 9.25. The van der Waals surface area contributed by atoms with Crippen LogP contribution in [0.2, 0.25) is 0 Å². The predicted octanol–water partition coefficient (Wildman–Crippen LogP) is 0.233. The molecule has 0 aromatic carbocycles. The fourth-order valence-electron chi connectivity index (χ4n) is 0. The summed E-state index contributed by atoms with van der Waals surface area (Å²) in [5.41, 5.74) is 0. The van der Waals surface area contributed by atoms with E-state index in [1.807, 2.05) is 0 Å². The van der Waals surface area contributed by atoms with Crippen molar-refractivity contribution in [3.8, 4) is 0 Å². The Morgan fingerprint density at radius 3 is 2.00 bits per heavy atom. The zero-order chi connectivity index (χ0) is 4.28. The second-order valence-electron chi connectivity index (χ2n) is 0.542. The third kappa shape index (κ3) is 18.6. The van der Waals surface area contributed by atoms with Crippen LogP contribution in [0.1, 0.15) is 4.28 Å². The van der Waals surface area contributed by atoms with Crippen LogP contribution in [0, 0.1) is 0 Å². The number of carboxylic acid groups (broad SMARTS) is 1. The van der Waals surface area contributed by atoms with Gasteiger partial charge in [-0.05, 0) is 0 Å². The van der Waals surface area contributed by atoms with Gasteiger partial charge in [0.15, 0.2) is 0 Å². The summed E-state index contributed by atoms with van der Waals surface area (Å²) >= 11 is 0. The van der Waals surface area contributed by atoms with Gasteiger partial charge >= 0.3 is 5.97 Å². The molecule has 0 heterocycles. The average molecular weight is 141 g/mol. The van der Waals surface area contributed by atoms with Crippen LogP contribution in [0.4, 0.5) is 0 Å². The first kappa shape index (κ1) is 15.8. The fraction of sp³-hybridized carbons (Fsp3) is 0. The van der Waals surface area contributed by atoms with Gasteiger partial charge in [-0.15, -0.1) is 0 Å². The van der Waals surface area contributed by atoms with E-state index in [9.17, 15) is 4.79 Å². The van der Waals surface area contributed by atoms with Crippen LogP contribution in [0.25, 0.3) is 0 Å². The first-order chi connectivity index (χ1) is 2.27. The first-order valence-electron chi connectivity index (χ1n) is 1.12. The van der Waals surface area contributed by atoms with Crippen LogP contribution in [0.3, 0.4) is 0 Å². The van der Waals surface area contributed by atoms with Crippen molar-refractivity contribution in [1.82, 2.24) is 0 Å². The van der Waals surface area contributed by atoms with Gasteiger partial charge in [0.05, 0.1) is 0 Å². The van der Waals surface area contributed by atoms with Crippen LogP contribution < -0.4 is 0 Å². The molecule has 7 heavy (non-hydrogen) atoms. The number of rotatable bonds is 1. The molecule has 0 aliphatic rings. The molecule has 0 bridgehead atoms. The van der Waals surface area contributed by atoms with E-state index in [-0.39, 0.29) is 71.6 Å². The zero-order valence-electron chi connectivity index (χ0n) is 4.35. The largest absolute Gasteiger partial charge is 0.478 e. The topological polar surface area (TPSA) is 37.3 Å². The Bertz CT molecular complexity index is 72.8. The van der Waals surface area contributed by atoms with Crippen molar-refractivity contribution in [2.24, 2.45) is 0 Å². The molecule has 0 saturated heterocycles. The second-order valence-corrected chi connectivity index (χ2v) is 0.542. The third-order valence-electron chi connectivity index (χ3n) is 0.175. The van der Waals surface area contributed by atoms with Gasteiger partial charge in [0.1, 0.15) is 0 Å². The standard InChI is InChI=1S/C3H4O2.Ca.Na.3H2/c1-2-3(4)5;;;;;/h2H,1H2,(H,4,5);;;3*1H. The summed E-state index contributed by atoms with van der Waals surface area (Å²) < 4.78 is 0. The summed E-state index contributed by atoms with van der Waals surface area (Å²) in [5.74, 6) is -0.981. The van der Waals surface area contributed by atoms with Crippen molar-refractivity contribution in [3.63, 3.8) is 0 Å². The number of carboxylic acids is 1. The van der Waals surface area contributed by atoms with Crippen LogP contribution in [0.15, 0.2) is 12.7 Å². The normalized spacial score (nSPS) is 4.57. The Morgan fingerprint density at radius 2 is 2.00 bits per heavy atom. The zero-order valence-corrected chi connectivity index (χ0v) is 8.56. The molecule has 0 atom stereocenters. The molecule has 0 fully saturated rings. The molecule has 0 aromatic heterocycles. The maximum Gasteiger partial charge on any atom is 0.327 e. The van der Waals surface area contributed by atoms with E-state index >= 15 is 0 Å². The van der Waals surface area contributed by atoms with Crippen molar-refractivity contribution >= 4 is 73.3 Å². The third-order valence-corrected chi connectivity index (χ3v) is 0.175. The van der Waals surface area contributed by atoms with Gasteiger partial charge < -0.3 is 5.11 Å².